The minimum absolute atomic E-state index is 0.133. The molecule has 18 heavy (non-hydrogen) atoms. The fourth-order valence-corrected chi connectivity index (χ4v) is 1.69. The number of aromatic nitrogens is 2. The fourth-order valence-electron chi connectivity index (χ4n) is 1.69. The van der Waals surface area contributed by atoms with E-state index in [1.165, 1.54) is 4.90 Å². The van der Waals surface area contributed by atoms with E-state index in [0.717, 1.165) is 5.56 Å². The van der Waals surface area contributed by atoms with Crippen LogP contribution >= 0.6 is 0 Å². The van der Waals surface area contributed by atoms with Crippen molar-refractivity contribution in [3.63, 3.8) is 0 Å². The van der Waals surface area contributed by atoms with E-state index >= 15 is 0 Å². The van der Waals surface area contributed by atoms with Gasteiger partial charge < -0.3 is 10.6 Å². The summed E-state index contributed by atoms with van der Waals surface area (Å²) in [5.41, 5.74) is 7.31. The number of rotatable bonds is 3. The lowest BCUT2D eigenvalue weighted by Crippen LogP contribution is -2.22. The molecule has 0 fully saturated rings. The average molecular weight is 244 g/mol. The molecule has 0 atom stereocenters. The molecule has 5 nitrogen and oxygen atoms in total. The van der Waals surface area contributed by atoms with Gasteiger partial charge in [-0.2, -0.15) is 5.10 Å². The van der Waals surface area contributed by atoms with Gasteiger partial charge in [-0.1, -0.05) is 30.3 Å². The third-order valence-corrected chi connectivity index (χ3v) is 2.61. The molecule has 0 aliphatic carbocycles. The summed E-state index contributed by atoms with van der Waals surface area (Å²) in [7, 11) is 3.38. The Balaban J connectivity index is 2.22. The molecule has 0 aliphatic rings. The van der Waals surface area contributed by atoms with Crippen LogP contribution in [0.3, 0.4) is 0 Å². The second kappa shape index (κ2) is 4.91. The molecule has 0 unspecified atom stereocenters. The molecule has 0 aliphatic heterocycles. The Morgan fingerprint density at radius 2 is 2.00 bits per heavy atom. The zero-order valence-electron chi connectivity index (χ0n) is 10.5. The molecule has 5 heteroatoms. The number of amides is 1. The molecule has 1 amide bonds. The van der Waals surface area contributed by atoms with Gasteiger partial charge in [0.2, 0.25) is 0 Å². The van der Waals surface area contributed by atoms with Crippen LogP contribution in [0.15, 0.2) is 36.5 Å². The smallest absolute Gasteiger partial charge is 0.258 e. The third-order valence-electron chi connectivity index (χ3n) is 2.61. The Morgan fingerprint density at radius 1 is 1.33 bits per heavy atom. The normalized spacial score (nSPS) is 10.3. The lowest BCUT2D eigenvalue weighted by molar-refractivity contribution is 0.0828. The van der Waals surface area contributed by atoms with Crippen LogP contribution in [0, 0.1) is 0 Å². The lowest BCUT2D eigenvalue weighted by Gasteiger charge is -2.07. The van der Waals surface area contributed by atoms with Crippen molar-refractivity contribution in [2.24, 2.45) is 0 Å². The number of benzene rings is 1. The van der Waals surface area contributed by atoms with Crippen LogP contribution in [0.25, 0.3) is 0 Å². The highest BCUT2D eigenvalue weighted by atomic mass is 16.2. The van der Waals surface area contributed by atoms with Crippen molar-refractivity contribution >= 4 is 11.7 Å². The summed E-state index contributed by atoms with van der Waals surface area (Å²) in [6, 6.07) is 9.90. The van der Waals surface area contributed by atoms with E-state index in [1.54, 1.807) is 25.0 Å². The highest BCUT2D eigenvalue weighted by Crippen LogP contribution is 2.12. The highest BCUT2D eigenvalue weighted by molar-refractivity contribution is 5.97. The Labute approximate surface area is 106 Å². The minimum atomic E-state index is -0.133. The first-order chi connectivity index (χ1) is 8.58. The van der Waals surface area contributed by atoms with E-state index in [9.17, 15) is 4.79 Å². The maximum Gasteiger partial charge on any atom is 0.258 e. The first-order valence-corrected chi connectivity index (χ1v) is 5.66. The van der Waals surface area contributed by atoms with Crippen LogP contribution in [0.5, 0.6) is 0 Å². The Kier molecular flexibility index (Phi) is 3.32. The fraction of sp³-hybridized carbons (Fsp3) is 0.231. The van der Waals surface area contributed by atoms with Crippen molar-refractivity contribution < 1.29 is 4.79 Å². The van der Waals surface area contributed by atoms with Crippen molar-refractivity contribution in [1.82, 2.24) is 14.7 Å². The molecule has 2 aromatic rings. The summed E-state index contributed by atoms with van der Waals surface area (Å²) < 4.78 is 1.68. The van der Waals surface area contributed by atoms with Gasteiger partial charge in [0.1, 0.15) is 5.56 Å². The standard InChI is InChI=1S/C13H16N4O/c1-16(2)13(18)11-9-17(15-12(11)14)8-10-6-4-3-5-7-10/h3-7,9H,8H2,1-2H3,(H2,14,15). The summed E-state index contributed by atoms with van der Waals surface area (Å²) >= 11 is 0. The number of carbonyl (C=O) groups excluding carboxylic acids is 1. The lowest BCUT2D eigenvalue weighted by atomic mass is 10.2. The summed E-state index contributed by atoms with van der Waals surface area (Å²) in [4.78, 5) is 13.3. The molecule has 2 rings (SSSR count). The van der Waals surface area contributed by atoms with Gasteiger partial charge in [0.25, 0.3) is 5.91 Å². The Bertz CT molecular complexity index is 545. The quantitative estimate of drug-likeness (QED) is 0.882. The van der Waals surface area contributed by atoms with E-state index in [0.29, 0.717) is 12.1 Å². The van der Waals surface area contributed by atoms with E-state index in [-0.39, 0.29) is 11.7 Å². The van der Waals surface area contributed by atoms with Crippen molar-refractivity contribution in [2.75, 3.05) is 19.8 Å². The summed E-state index contributed by atoms with van der Waals surface area (Å²) in [5, 5.41) is 4.16. The van der Waals surface area contributed by atoms with Crippen molar-refractivity contribution in [3.8, 4) is 0 Å². The van der Waals surface area contributed by atoms with Gasteiger partial charge in [-0.25, -0.2) is 0 Å². The van der Waals surface area contributed by atoms with Crippen molar-refractivity contribution in [3.05, 3.63) is 47.7 Å². The maximum absolute atomic E-state index is 11.8. The van der Waals surface area contributed by atoms with Gasteiger partial charge >= 0.3 is 0 Å². The molecule has 0 radical (unpaired) electrons. The number of hydrogen-bond donors (Lipinski definition) is 1. The number of nitrogens with two attached hydrogens (primary N) is 1. The van der Waals surface area contributed by atoms with Gasteiger partial charge in [-0.15, -0.1) is 0 Å². The van der Waals surface area contributed by atoms with Gasteiger partial charge in [-0.05, 0) is 5.56 Å². The Hall–Kier alpha value is -2.30. The van der Waals surface area contributed by atoms with E-state index < -0.39 is 0 Å². The molecule has 1 aromatic heterocycles. The Morgan fingerprint density at radius 3 is 2.61 bits per heavy atom. The average Bonchev–Trinajstić information content (AvgIpc) is 2.70. The number of nitrogens with zero attached hydrogens (tertiary/aromatic N) is 3. The molecular formula is C13H16N4O. The van der Waals surface area contributed by atoms with E-state index in [1.807, 2.05) is 30.3 Å². The van der Waals surface area contributed by atoms with Crippen LogP contribution in [-0.2, 0) is 6.54 Å². The summed E-state index contributed by atoms with van der Waals surface area (Å²) in [6.07, 6.45) is 1.69. The largest absolute Gasteiger partial charge is 0.382 e. The first kappa shape index (κ1) is 12.2. The van der Waals surface area contributed by atoms with Crippen molar-refractivity contribution in [2.45, 2.75) is 6.54 Å². The minimum Gasteiger partial charge on any atom is -0.382 e. The van der Waals surface area contributed by atoms with Gasteiger partial charge in [-0.3, -0.25) is 9.48 Å². The third kappa shape index (κ3) is 2.51. The van der Waals surface area contributed by atoms with E-state index in [4.69, 9.17) is 5.73 Å². The van der Waals surface area contributed by atoms with Crippen molar-refractivity contribution in [1.29, 1.82) is 0 Å². The van der Waals surface area contributed by atoms with Crippen LogP contribution < -0.4 is 5.73 Å². The molecule has 0 bridgehead atoms. The molecule has 0 saturated carbocycles. The zero-order chi connectivity index (χ0) is 13.1. The molecular weight excluding hydrogens is 228 g/mol. The predicted molar refractivity (Wildman–Crippen MR) is 70.2 cm³/mol. The zero-order valence-corrected chi connectivity index (χ0v) is 10.5. The highest BCUT2D eigenvalue weighted by Gasteiger charge is 2.15. The van der Waals surface area contributed by atoms with Gasteiger partial charge in [0.15, 0.2) is 5.82 Å². The number of hydrogen-bond acceptors (Lipinski definition) is 3. The molecule has 1 aromatic carbocycles. The predicted octanol–water partition coefficient (Wildman–Crippen LogP) is 1.22. The second-order valence-electron chi connectivity index (χ2n) is 4.31. The summed E-state index contributed by atoms with van der Waals surface area (Å²) in [6.45, 7) is 0.603. The molecule has 1 heterocycles. The number of nitrogen functional groups attached to an aromatic ring is 1. The van der Waals surface area contributed by atoms with Crippen LogP contribution in [0.4, 0.5) is 5.82 Å². The number of carbonyl (C=O) groups is 1. The van der Waals surface area contributed by atoms with Crippen LogP contribution in [0.1, 0.15) is 15.9 Å². The van der Waals surface area contributed by atoms with Gasteiger partial charge in [0.05, 0.1) is 6.54 Å². The number of anilines is 1. The summed E-state index contributed by atoms with van der Waals surface area (Å²) in [5.74, 6) is 0.136. The topological polar surface area (TPSA) is 64.2 Å². The molecule has 0 saturated heterocycles. The van der Waals surface area contributed by atoms with Crippen LogP contribution in [0.2, 0.25) is 0 Å². The van der Waals surface area contributed by atoms with E-state index in [2.05, 4.69) is 5.10 Å². The molecule has 2 N–H and O–H groups in total. The maximum atomic E-state index is 11.8. The molecule has 94 valence electrons. The second-order valence-corrected chi connectivity index (χ2v) is 4.31. The SMILES string of the molecule is CN(C)C(=O)c1cn(Cc2ccccc2)nc1N. The molecule has 0 spiro atoms. The first-order valence-electron chi connectivity index (χ1n) is 5.66. The monoisotopic (exact) mass is 244 g/mol. The van der Waals surface area contributed by atoms with Gasteiger partial charge in [0, 0.05) is 20.3 Å². The van der Waals surface area contributed by atoms with Crippen LogP contribution in [-0.4, -0.2) is 34.7 Å².